The van der Waals surface area contributed by atoms with Crippen LogP contribution < -0.4 is 9.47 Å². The van der Waals surface area contributed by atoms with E-state index >= 15 is 0 Å². The SMILES string of the molecule is Cc1cc(C(=O)COc2ccc(S(C)(=O)=O)cc2)c(C)n1-c1ccc(OC(F)F)cc1. The summed E-state index contributed by atoms with van der Waals surface area (Å²) in [5.41, 5.74) is 2.65. The fourth-order valence-electron chi connectivity index (χ4n) is 3.23. The van der Waals surface area contributed by atoms with Crippen LogP contribution in [-0.2, 0) is 9.84 Å². The van der Waals surface area contributed by atoms with E-state index in [1.807, 2.05) is 11.5 Å². The molecule has 0 aliphatic heterocycles. The number of Topliss-reactive ketones (excluding diaryl/α,β-unsaturated/α-hetero) is 1. The molecular formula is C22H21F2NO5S. The minimum absolute atomic E-state index is 0.0489. The van der Waals surface area contributed by atoms with Gasteiger partial charge in [-0.15, -0.1) is 0 Å². The number of ether oxygens (including phenoxy) is 2. The maximum atomic E-state index is 12.7. The molecule has 3 aromatic rings. The first-order valence-electron chi connectivity index (χ1n) is 9.26. The second kappa shape index (κ2) is 8.89. The Morgan fingerprint density at radius 1 is 1.00 bits per heavy atom. The van der Waals surface area contributed by atoms with Crippen LogP contribution in [0.15, 0.2) is 59.5 Å². The standard InChI is InChI=1S/C22H21F2NO5S/c1-14-12-20(15(2)25(14)16-4-6-18(7-5-16)30-22(23)24)21(26)13-29-17-8-10-19(11-9-17)31(3,27)28/h4-12,22H,13H2,1-3H3. The van der Waals surface area contributed by atoms with Crippen molar-refractivity contribution in [2.24, 2.45) is 0 Å². The van der Waals surface area contributed by atoms with Gasteiger partial charge in [0.25, 0.3) is 0 Å². The fourth-order valence-corrected chi connectivity index (χ4v) is 3.86. The number of benzene rings is 2. The molecule has 6 nitrogen and oxygen atoms in total. The monoisotopic (exact) mass is 449 g/mol. The van der Waals surface area contributed by atoms with Crippen molar-refractivity contribution in [3.63, 3.8) is 0 Å². The van der Waals surface area contributed by atoms with Gasteiger partial charge in [0, 0.05) is 28.9 Å². The highest BCUT2D eigenvalue weighted by Gasteiger charge is 2.18. The molecule has 0 aliphatic carbocycles. The minimum atomic E-state index is -3.31. The predicted octanol–water partition coefficient (Wildman–Crippen LogP) is 4.36. The molecule has 0 unspecified atom stereocenters. The number of ketones is 1. The lowest BCUT2D eigenvalue weighted by Gasteiger charge is -2.11. The Kier molecular flexibility index (Phi) is 6.45. The van der Waals surface area contributed by atoms with Gasteiger partial charge in [-0.1, -0.05) is 0 Å². The largest absolute Gasteiger partial charge is 0.485 e. The van der Waals surface area contributed by atoms with Gasteiger partial charge in [-0.3, -0.25) is 4.79 Å². The van der Waals surface area contributed by atoms with Crippen LogP contribution in [-0.4, -0.2) is 38.2 Å². The van der Waals surface area contributed by atoms with Crippen LogP contribution in [0.5, 0.6) is 11.5 Å². The smallest absolute Gasteiger partial charge is 0.387 e. The molecule has 0 atom stereocenters. The summed E-state index contributed by atoms with van der Waals surface area (Å²) >= 11 is 0. The Bertz CT molecular complexity index is 1180. The minimum Gasteiger partial charge on any atom is -0.485 e. The van der Waals surface area contributed by atoms with Crippen LogP contribution in [0.4, 0.5) is 8.78 Å². The lowest BCUT2D eigenvalue weighted by Crippen LogP contribution is -2.13. The third-order valence-electron chi connectivity index (χ3n) is 4.67. The summed E-state index contributed by atoms with van der Waals surface area (Å²) in [5.74, 6) is 0.182. The number of carbonyl (C=O) groups excluding carboxylic acids is 1. The number of alkyl halides is 2. The Balaban J connectivity index is 1.74. The summed E-state index contributed by atoms with van der Waals surface area (Å²) in [6, 6.07) is 13.7. The zero-order valence-corrected chi connectivity index (χ0v) is 17.9. The highest BCUT2D eigenvalue weighted by molar-refractivity contribution is 7.90. The van der Waals surface area contributed by atoms with Crippen molar-refractivity contribution in [3.8, 4) is 17.2 Å². The van der Waals surface area contributed by atoms with Gasteiger partial charge in [-0.25, -0.2) is 8.42 Å². The molecule has 0 saturated heterocycles. The van der Waals surface area contributed by atoms with E-state index in [0.29, 0.717) is 22.7 Å². The number of rotatable bonds is 8. The van der Waals surface area contributed by atoms with Crippen molar-refractivity contribution >= 4 is 15.6 Å². The van der Waals surface area contributed by atoms with Crippen molar-refractivity contribution in [2.75, 3.05) is 12.9 Å². The summed E-state index contributed by atoms with van der Waals surface area (Å²) < 4.78 is 59.4. The van der Waals surface area contributed by atoms with Gasteiger partial charge >= 0.3 is 6.61 Å². The number of sulfone groups is 1. The van der Waals surface area contributed by atoms with E-state index in [1.54, 1.807) is 25.1 Å². The Labute approximate surface area is 178 Å². The highest BCUT2D eigenvalue weighted by atomic mass is 32.2. The lowest BCUT2D eigenvalue weighted by atomic mass is 10.1. The number of carbonyl (C=O) groups is 1. The molecule has 1 aromatic heterocycles. The highest BCUT2D eigenvalue weighted by Crippen LogP contribution is 2.24. The molecule has 0 amide bonds. The van der Waals surface area contributed by atoms with E-state index in [1.165, 1.54) is 36.4 Å². The van der Waals surface area contributed by atoms with Crippen molar-refractivity contribution in [2.45, 2.75) is 25.4 Å². The van der Waals surface area contributed by atoms with E-state index in [0.717, 1.165) is 11.9 Å². The zero-order valence-electron chi connectivity index (χ0n) is 17.1. The van der Waals surface area contributed by atoms with Gasteiger partial charge in [-0.05, 0) is 68.4 Å². The first-order chi connectivity index (χ1) is 14.6. The molecule has 0 N–H and O–H groups in total. The lowest BCUT2D eigenvalue weighted by molar-refractivity contribution is -0.0498. The van der Waals surface area contributed by atoms with Crippen LogP contribution >= 0.6 is 0 Å². The molecule has 164 valence electrons. The molecule has 9 heteroatoms. The van der Waals surface area contributed by atoms with E-state index in [4.69, 9.17) is 4.74 Å². The Morgan fingerprint density at radius 2 is 1.58 bits per heavy atom. The van der Waals surface area contributed by atoms with Crippen molar-refractivity contribution in [1.82, 2.24) is 4.57 Å². The number of aryl methyl sites for hydroxylation is 1. The second-order valence-electron chi connectivity index (χ2n) is 6.95. The maximum absolute atomic E-state index is 12.7. The second-order valence-corrected chi connectivity index (χ2v) is 8.96. The number of nitrogens with zero attached hydrogens (tertiary/aromatic N) is 1. The summed E-state index contributed by atoms with van der Waals surface area (Å²) in [6.45, 7) is 0.500. The molecule has 0 fully saturated rings. The van der Waals surface area contributed by atoms with Gasteiger partial charge in [0.2, 0.25) is 5.78 Å². The Morgan fingerprint density at radius 3 is 2.13 bits per heavy atom. The molecule has 0 bridgehead atoms. The van der Waals surface area contributed by atoms with Gasteiger partial charge in [0.05, 0.1) is 4.90 Å². The van der Waals surface area contributed by atoms with E-state index in [9.17, 15) is 22.0 Å². The van der Waals surface area contributed by atoms with Crippen LogP contribution in [0.3, 0.4) is 0 Å². The Hall–Kier alpha value is -3.20. The molecule has 1 heterocycles. The summed E-state index contributed by atoms with van der Waals surface area (Å²) in [4.78, 5) is 12.9. The van der Waals surface area contributed by atoms with E-state index < -0.39 is 16.4 Å². The van der Waals surface area contributed by atoms with E-state index in [-0.39, 0.29) is 23.0 Å². The first-order valence-corrected chi connectivity index (χ1v) is 11.2. The van der Waals surface area contributed by atoms with Gasteiger partial charge < -0.3 is 14.0 Å². The van der Waals surface area contributed by atoms with Crippen LogP contribution in [0.1, 0.15) is 21.7 Å². The van der Waals surface area contributed by atoms with Crippen molar-refractivity contribution in [1.29, 1.82) is 0 Å². The predicted molar refractivity (Wildman–Crippen MR) is 111 cm³/mol. The molecule has 0 saturated carbocycles. The number of hydrogen-bond donors (Lipinski definition) is 0. The van der Waals surface area contributed by atoms with Gasteiger partial charge in [-0.2, -0.15) is 8.78 Å². The third kappa shape index (κ3) is 5.29. The maximum Gasteiger partial charge on any atom is 0.387 e. The first kappa shape index (κ1) is 22.5. The van der Waals surface area contributed by atoms with Gasteiger partial charge in [0.1, 0.15) is 11.5 Å². The molecule has 31 heavy (non-hydrogen) atoms. The molecular weight excluding hydrogens is 428 g/mol. The molecule has 0 aliphatic rings. The third-order valence-corrected chi connectivity index (χ3v) is 5.80. The van der Waals surface area contributed by atoms with Crippen LogP contribution in [0.25, 0.3) is 5.69 Å². The average molecular weight is 449 g/mol. The van der Waals surface area contributed by atoms with Crippen molar-refractivity contribution < 1.29 is 31.5 Å². The molecule has 0 spiro atoms. The summed E-state index contributed by atoms with van der Waals surface area (Å²) in [7, 11) is -3.31. The van der Waals surface area contributed by atoms with Crippen molar-refractivity contribution in [3.05, 3.63) is 71.5 Å². The van der Waals surface area contributed by atoms with E-state index in [2.05, 4.69) is 4.74 Å². The summed E-state index contributed by atoms with van der Waals surface area (Å²) in [5, 5.41) is 0. The number of aromatic nitrogens is 1. The average Bonchev–Trinajstić information content (AvgIpc) is 3.00. The topological polar surface area (TPSA) is 74.6 Å². The molecule has 2 aromatic carbocycles. The van der Waals surface area contributed by atoms with Crippen LogP contribution in [0, 0.1) is 13.8 Å². The molecule has 0 radical (unpaired) electrons. The molecule has 3 rings (SSSR count). The zero-order chi connectivity index (χ0) is 22.8. The van der Waals surface area contributed by atoms with Crippen LogP contribution in [0.2, 0.25) is 0 Å². The quantitative estimate of drug-likeness (QED) is 0.478. The number of hydrogen-bond acceptors (Lipinski definition) is 5. The fraction of sp³-hybridized carbons (Fsp3) is 0.227. The van der Waals surface area contributed by atoms with Gasteiger partial charge in [0.15, 0.2) is 16.4 Å². The number of halogens is 2. The normalized spacial score (nSPS) is 11.5. The summed E-state index contributed by atoms with van der Waals surface area (Å²) in [6.07, 6.45) is 1.11.